The number of imidazole rings is 1. The van der Waals surface area contributed by atoms with Crippen LogP contribution in [0.5, 0.6) is 0 Å². The van der Waals surface area contributed by atoms with Gasteiger partial charge in [0.05, 0.1) is 17.1 Å². The predicted octanol–water partition coefficient (Wildman–Crippen LogP) is 3.74. The number of rotatable bonds is 6. The number of fused-ring (bicyclic) bond motifs is 1. The number of aromatic nitrogens is 4. The highest BCUT2D eigenvalue weighted by molar-refractivity contribution is 5.80. The molecule has 0 saturated carbocycles. The van der Waals surface area contributed by atoms with Crippen LogP contribution in [0.15, 0.2) is 54.9 Å². The second kappa shape index (κ2) is 9.25. The molecule has 4 aromatic rings. The molecule has 0 spiro atoms. The van der Waals surface area contributed by atoms with Crippen LogP contribution in [0.1, 0.15) is 30.7 Å². The fourth-order valence-electron chi connectivity index (χ4n) is 4.66. The van der Waals surface area contributed by atoms with Crippen LogP contribution < -0.4 is 5.73 Å². The van der Waals surface area contributed by atoms with Gasteiger partial charge in [-0.15, -0.1) is 0 Å². The molecule has 1 saturated heterocycles. The largest absolute Gasteiger partial charge is 0.396 e. The number of hydrogen-bond acceptors (Lipinski definition) is 6. The third kappa shape index (κ3) is 4.44. The Balaban J connectivity index is 1.53. The fourth-order valence-corrected chi connectivity index (χ4v) is 4.66. The topological polar surface area (TPSA) is 92.6 Å². The summed E-state index contributed by atoms with van der Waals surface area (Å²) in [6.45, 7) is 3.27. The van der Waals surface area contributed by atoms with E-state index in [1.54, 1.807) is 18.3 Å². The summed E-state index contributed by atoms with van der Waals surface area (Å²) in [5.74, 6) is 0.379. The van der Waals surface area contributed by atoms with Gasteiger partial charge in [-0.25, -0.2) is 19.3 Å². The van der Waals surface area contributed by atoms with Gasteiger partial charge in [0.2, 0.25) is 5.95 Å². The molecular formula is C25H27FN6O. The van der Waals surface area contributed by atoms with Gasteiger partial charge in [0.15, 0.2) is 0 Å². The van der Waals surface area contributed by atoms with Gasteiger partial charge in [0, 0.05) is 31.1 Å². The first kappa shape index (κ1) is 21.5. The van der Waals surface area contributed by atoms with Crippen molar-refractivity contribution in [1.29, 1.82) is 0 Å². The van der Waals surface area contributed by atoms with E-state index in [1.165, 1.54) is 17.7 Å². The number of likely N-dealkylation sites (tertiary alicyclic amines) is 1. The summed E-state index contributed by atoms with van der Waals surface area (Å²) < 4.78 is 15.6. The quantitative estimate of drug-likeness (QED) is 0.469. The van der Waals surface area contributed by atoms with Gasteiger partial charge >= 0.3 is 0 Å². The monoisotopic (exact) mass is 446 g/mol. The summed E-state index contributed by atoms with van der Waals surface area (Å²) >= 11 is 0. The number of piperidine rings is 1. The molecule has 0 atom stereocenters. The van der Waals surface area contributed by atoms with Crippen molar-refractivity contribution in [2.45, 2.75) is 25.2 Å². The van der Waals surface area contributed by atoms with Crippen molar-refractivity contribution in [2.75, 3.05) is 32.0 Å². The zero-order chi connectivity index (χ0) is 22.8. The van der Waals surface area contributed by atoms with E-state index in [0.29, 0.717) is 11.6 Å². The van der Waals surface area contributed by atoms with Crippen LogP contribution in [0.25, 0.3) is 28.3 Å². The van der Waals surface area contributed by atoms with Crippen LogP contribution >= 0.6 is 0 Å². The van der Waals surface area contributed by atoms with Gasteiger partial charge < -0.3 is 15.7 Å². The summed E-state index contributed by atoms with van der Waals surface area (Å²) in [6.07, 6.45) is 6.67. The fraction of sp³-hybridized carbons (Fsp3) is 0.320. The van der Waals surface area contributed by atoms with Crippen LogP contribution in [0.3, 0.4) is 0 Å². The summed E-state index contributed by atoms with van der Waals surface area (Å²) in [5, 5.41) is 9.08. The number of hydrogen-bond donors (Lipinski definition) is 2. The Morgan fingerprint density at radius 1 is 1.06 bits per heavy atom. The van der Waals surface area contributed by atoms with Gasteiger partial charge in [-0.3, -0.25) is 4.40 Å². The molecule has 33 heavy (non-hydrogen) atoms. The van der Waals surface area contributed by atoms with Crippen molar-refractivity contribution in [3.63, 3.8) is 0 Å². The minimum atomic E-state index is -0.289. The van der Waals surface area contributed by atoms with E-state index in [-0.39, 0.29) is 18.4 Å². The van der Waals surface area contributed by atoms with Crippen molar-refractivity contribution in [2.24, 2.45) is 0 Å². The zero-order valence-corrected chi connectivity index (χ0v) is 18.4. The smallest absolute Gasteiger partial charge is 0.220 e. The van der Waals surface area contributed by atoms with Gasteiger partial charge in [0.25, 0.3) is 0 Å². The highest BCUT2D eigenvalue weighted by atomic mass is 19.1. The Hall–Kier alpha value is -3.36. The number of nitrogen functional groups attached to an aromatic ring is 1. The molecule has 170 valence electrons. The summed E-state index contributed by atoms with van der Waals surface area (Å²) in [5.41, 5.74) is 11.0. The minimum absolute atomic E-state index is 0.192. The van der Waals surface area contributed by atoms with E-state index in [2.05, 4.69) is 27.0 Å². The zero-order valence-electron chi connectivity index (χ0n) is 18.4. The van der Waals surface area contributed by atoms with Crippen molar-refractivity contribution in [3.05, 3.63) is 66.2 Å². The lowest BCUT2D eigenvalue weighted by molar-refractivity contribution is 0.187. The van der Waals surface area contributed by atoms with E-state index in [1.807, 2.05) is 16.7 Å². The lowest BCUT2D eigenvalue weighted by Crippen LogP contribution is -2.34. The second-order valence-electron chi connectivity index (χ2n) is 8.50. The highest BCUT2D eigenvalue weighted by Gasteiger charge is 2.23. The first-order valence-electron chi connectivity index (χ1n) is 11.3. The maximum atomic E-state index is 13.6. The van der Waals surface area contributed by atoms with Gasteiger partial charge in [-0.2, -0.15) is 0 Å². The van der Waals surface area contributed by atoms with Crippen LogP contribution in [-0.4, -0.2) is 55.6 Å². The highest BCUT2D eigenvalue weighted by Crippen LogP contribution is 2.34. The predicted molar refractivity (Wildman–Crippen MR) is 126 cm³/mol. The Labute approximate surface area is 191 Å². The van der Waals surface area contributed by atoms with E-state index < -0.39 is 0 Å². The number of aliphatic hydroxyl groups is 1. The number of halogens is 1. The van der Waals surface area contributed by atoms with Crippen molar-refractivity contribution < 1.29 is 9.50 Å². The molecule has 0 unspecified atom stereocenters. The van der Waals surface area contributed by atoms with E-state index >= 15 is 0 Å². The Morgan fingerprint density at radius 3 is 2.58 bits per heavy atom. The normalized spacial score (nSPS) is 15.3. The average molecular weight is 447 g/mol. The molecule has 0 amide bonds. The Kier molecular flexibility index (Phi) is 6.02. The molecule has 0 bridgehead atoms. The maximum absolute atomic E-state index is 13.6. The van der Waals surface area contributed by atoms with E-state index in [4.69, 9.17) is 15.8 Å². The lowest BCUT2D eigenvalue weighted by atomic mass is 9.90. The summed E-state index contributed by atoms with van der Waals surface area (Å²) in [6, 6.07) is 12.5. The van der Waals surface area contributed by atoms with E-state index in [0.717, 1.165) is 61.5 Å². The third-order valence-corrected chi connectivity index (χ3v) is 6.38. The third-order valence-electron chi connectivity index (χ3n) is 6.38. The van der Waals surface area contributed by atoms with Crippen LogP contribution in [0.2, 0.25) is 0 Å². The van der Waals surface area contributed by atoms with Crippen LogP contribution in [0.4, 0.5) is 10.3 Å². The number of pyridine rings is 1. The van der Waals surface area contributed by atoms with Gasteiger partial charge in [0.1, 0.15) is 11.5 Å². The van der Waals surface area contributed by atoms with Crippen molar-refractivity contribution in [1.82, 2.24) is 24.3 Å². The van der Waals surface area contributed by atoms with Crippen LogP contribution in [0, 0.1) is 5.82 Å². The molecule has 0 radical (unpaired) electrons. The van der Waals surface area contributed by atoms with E-state index in [9.17, 15) is 4.39 Å². The molecule has 1 fully saturated rings. The molecule has 3 aromatic heterocycles. The molecule has 7 nitrogen and oxygen atoms in total. The molecule has 3 N–H and O–H groups in total. The molecule has 1 aliphatic rings. The second-order valence-corrected chi connectivity index (χ2v) is 8.50. The average Bonchev–Trinajstić information content (AvgIpc) is 3.22. The first-order valence-corrected chi connectivity index (χ1v) is 11.3. The molecule has 1 aliphatic heterocycles. The Bertz CT molecular complexity index is 1250. The summed E-state index contributed by atoms with van der Waals surface area (Å²) in [7, 11) is 0. The Morgan fingerprint density at radius 2 is 1.85 bits per heavy atom. The first-order chi connectivity index (χ1) is 16.1. The molecule has 0 aliphatic carbocycles. The SMILES string of the molecule is Nc1nccc(-c2c(-c3ccc(F)cc3)nc3cc(C4CCN(CCCO)CC4)ccn23)n1. The van der Waals surface area contributed by atoms with Gasteiger partial charge in [-0.05, 0) is 86.3 Å². The number of nitrogens with two attached hydrogens (primary N) is 1. The minimum Gasteiger partial charge on any atom is -0.396 e. The summed E-state index contributed by atoms with van der Waals surface area (Å²) in [4.78, 5) is 15.8. The number of benzene rings is 1. The van der Waals surface area contributed by atoms with Crippen molar-refractivity contribution in [3.8, 4) is 22.6 Å². The number of aliphatic hydroxyl groups excluding tert-OH is 1. The molecule has 1 aromatic carbocycles. The van der Waals surface area contributed by atoms with Gasteiger partial charge in [-0.1, -0.05) is 0 Å². The number of nitrogens with zero attached hydrogens (tertiary/aromatic N) is 5. The standard InChI is InChI=1S/C25H27FN6O/c26-20-4-2-18(3-5-20)23-24(21-6-10-28-25(27)29-21)32-14-9-19(16-22(32)30-23)17-7-12-31(13-8-17)11-1-15-33/h2-6,9-10,14,16-17,33H,1,7-8,11-13,15H2,(H2,27,28,29). The molecule has 8 heteroatoms. The number of anilines is 1. The molecular weight excluding hydrogens is 419 g/mol. The lowest BCUT2D eigenvalue weighted by Gasteiger charge is -2.32. The molecule has 4 heterocycles. The van der Waals surface area contributed by atoms with Crippen LogP contribution in [-0.2, 0) is 0 Å². The molecule has 5 rings (SSSR count). The maximum Gasteiger partial charge on any atom is 0.220 e. The van der Waals surface area contributed by atoms with Crippen molar-refractivity contribution >= 4 is 11.6 Å².